The SMILES string of the molecule is Fc1cc(F)c(-c2ccc(-c3nc4cnccc4c4c3ccc3c5ccccc5oc34)cc2)c(F)c1. The van der Waals surface area contributed by atoms with Gasteiger partial charge in [0.1, 0.15) is 28.6 Å². The Bertz CT molecular complexity index is 1950. The van der Waals surface area contributed by atoms with Crippen LogP contribution in [0.2, 0.25) is 0 Å². The van der Waals surface area contributed by atoms with E-state index in [0.717, 1.165) is 43.7 Å². The largest absolute Gasteiger partial charge is 0.455 e. The molecule has 0 aliphatic heterocycles. The van der Waals surface area contributed by atoms with Crippen molar-refractivity contribution in [3.05, 3.63) is 109 Å². The van der Waals surface area contributed by atoms with Crippen LogP contribution in [0.15, 0.2) is 95.7 Å². The molecule has 36 heavy (non-hydrogen) atoms. The maximum Gasteiger partial charge on any atom is 0.144 e. The smallest absolute Gasteiger partial charge is 0.144 e. The first-order valence-electron chi connectivity index (χ1n) is 11.3. The molecule has 3 nitrogen and oxygen atoms in total. The normalized spacial score (nSPS) is 11.8. The predicted octanol–water partition coefficient (Wildman–Crippen LogP) is 8.43. The number of fused-ring (bicyclic) bond motifs is 7. The fourth-order valence-corrected chi connectivity index (χ4v) is 4.95. The average Bonchev–Trinajstić information content (AvgIpc) is 3.27. The van der Waals surface area contributed by atoms with Gasteiger partial charge in [0.15, 0.2) is 0 Å². The molecule has 172 valence electrons. The van der Waals surface area contributed by atoms with Crippen LogP contribution >= 0.6 is 0 Å². The summed E-state index contributed by atoms with van der Waals surface area (Å²) in [6.45, 7) is 0. The van der Waals surface area contributed by atoms with Crippen molar-refractivity contribution < 1.29 is 17.6 Å². The minimum absolute atomic E-state index is 0.271. The number of hydrogen-bond acceptors (Lipinski definition) is 3. The summed E-state index contributed by atoms with van der Waals surface area (Å²) in [7, 11) is 0. The first kappa shape index (κ1) is 20.6. The topological polar surface area (TPSA) is 38.9 Å². The number of furan rings is 1. The Morgan fingerprint density at radius 2 is 1.39 bits per heavy atom. The molecule has 3 heterocycles. The number of nitrogens with zero attached hydrogens (tertiary/aromatic N) is 2. The Morgan fingerprint density at radius 3 is 2.19 bits per heavy atom. The van der Waals surface area contributed by atoms with Crippen LogP contribution in [0.3, 0.4) is 0 Å². The molecule has 0 aliphatic rings. The van der Waals surface area contributed by atoms with Crippen molar-refractivity contribution in [1.29, 1.82) is 0 Å². The Balaban J connectivity index is 1.49. The van der Waals surface area contributed by atoms with Crippen LogP contribution in [0.5, 0.6) is 0 Å². The molecule has 0 fully saturated rings. The fraction of sp³-hybridized carbons (Fsp3) is 0. The van der Waals surface area contributed by atoms with Crippen LogP contribution in [-0.4, -0.2) is 9.97 Å². The lowest BCUT2D eigenvalue weighted by Crippen LogP contribution is -1.93. The zero-order valence-corrected chi connectivity index (χ0v) is 18.6. The van der Waals surface area contributed by atoms with Crippen molar-refractivity contribution in [2.24, 2.45) is 0 Å². The summed E-state index contributed by atoms with van der Waals surface area (Å²) in [5.74, 6) is -2.86. The van der Waals surface area contributed by atoms with E-state index in [0.29, 0.717) is 28.9 Å². The summed E-state index contributed by atoms with van der Waals surface area (Å²) in [5, 5.41) is 4.76. The van der Waals surface area contributed by atoms with Gasteiger partial charge in [-0.05, 0) is 23.8 Å². The predicted molar refractivity (Wildman–Crippen MR) is 135 cm³/mol. The van der Waals surface area contributed by atoms with Crippen LogP contribution < -0.4 is 0 Å². The minimum Gasteiger partial charge on any atom is -0.455 e. The van der Waals surface area contributed by atoms with E-state index in [1.807, 2.05) is 42.5 Å². The third kappa shape index (κ3) is 3.01. The van der Waals surface area contributed by atoms with Gasteiger partial charge in [0.2, 0.25) is 0 Å². The highest BCUT2D eigenvalue weighted by Crippen LogP contribution is 2.40. The summed E-state index contributed by atoms with van der Waals surface area (Å²) >= 11 is 0. The van der Waals surface area contributed by atoms with Crippen LogP contribution in [0.1, 0.15) is 0 Å². The number of aromatic nitrogens is 2. The Labute approximate surface area is 202 Å². The van der Waals surface area contributed by atoms with E-state index in [9.17, 15) is 13.2 Å². The van der Waals surface area contributed by atoms with Crippen molar-refractivity contribution in [3.63, 3.8) is 0 Å². The number of para-hydroxylation sites is 1. The molecule has 0 saturated carbocycles. The molecule has 6 heteroatoms. The van der Waals surface area contributed by atoms with E-state index in [2.05, 4.69) is 4.98 Å². The van der Waals surface area contributed by atoms with Gasteiger partial charge in [-0.25, -0.2) is 18.2 Å². The van der Waals surface area contributed by atoms with Crippen LogP contribution in [0.25, 0.3) is 66.0 Å². The van der Waals surface area contributed by atoms with E-state index in [4.69, 9.17) is 9.40 Å². The van der Waals surface area contributed by atoms with Gasteiger partial charge in [-0.1, -0.05) is 48.5 Å². The fourth-order valence-electron chi connectivity index (χ4n) is 4.95. The van der Waals surface area contributed by atoms with E-state index >= 15 is 0 Å². The summed E-state index contributed by atoms with van der Waals surface area (Å²) in [6, 6.07) is 21.9. The third-order valence-electron chi connectivity index (χ3n) is 6.56. The van der Waals surface area contributed by atoms with Crippen molar-refractivity contribution in [1.82, 2.24) is 9.97 Å². The van der Waals surface area contributed by atoms with Gasteiger partial charge in [-0.15, -0.1) is 0 Å². The monoisotopic (exact) mass is 476 g/mol. The number of rotatable bonds is 2. The first-order valence-corrected chi connectivity index (χ1v) is 11.3. The zero-order chi connectivity index (χ0) is 24.4. The molecule has 0 amide bonds. The summed E-state index contributed by atoms with van der Waals surface area (Å²) in [4.78, 5) is 9.13. The van der Waals surface area contributed by atoms with Gasteiger partial charge in [-0.2, -0.15) is 0 Å². The highest BCUT2D eigenvalue weighted by atomic mass is 19.1. The number of hydrogen-bond donors (Lipinski definition) is 0. The minimum atomic E-state index is -0.956. The number of benzene rings is 4. The number of halogens is 3. The summed E-state index contributed by atoms with van der Waals surface area (Å²) in [6.07, 6.45) is 3.43. The van der Waals surface area contributed by atoms with Crippen molar-refractivity contribution in [2.75, 3.05) is 0 Å². The summed E-state index contributed by atoms with van der Waals surface area (Å²) < 4.78 is 48.3. The molecule has 3 aromatic heterocycles. The van der Waals surface area contributed by atoms with Crippen LogP contribution in [0, 0.1) is 17.5 Å². The molecular weight excluding hydrogens is 461 g/mol. The summed E-state index contributed by atoms with van der Waals surface area (Å²) in [5.41, 5.74) is 3.75. The van der Waals surface area contributed by atoms with Gasteiger partial charge in [0.05, 0.1) is 23.0 Å². The molecule has 4 aromatic carbocycles. The second-order valence-electron chi connectivity index (χ2n) is 8.64. The van der Waals surface area contributed by atoms with Gasteiger partial charge in [0.25, 0.3) is 0 Å². The van der Waals surface area contributed by atoms with E-state index in [1.165, 1.54) is 0 Å². The van der Waals surface area contributed by atoms with E-state index in [1.54, 1.807) is 36.7 Å². The molecule has 0 N–H and O–H groups in total. The lowest BCUT2D eigenvalue weighted by Gasteiger charge is -2.11. The molecule has 0 unspecified atom stereocenters. The second-order valence-corrected chi connectivity index (χ2v) is 8.64. The van der Waals surface area contributed by atoms with Crippen LogP contribution in [-0.2, 0) is 0 Å². The average molecular weight is 476 g/mol. The van der Waals surface area contributed by atoms with E-state index < -0.39 is 17.5 Å². The number of pyridine rings is 2. The zero-order valence-electron chi connectivity index (χ0n) is 18.6. The quantitative estimate of drug-likeness (QED) is 0.235. The lowest BCUT2D eigenvalue weighted by molar-refractivity contribution is 0.548. The van der Waals surface area contributed by atoms with Crippen molar-refractivity contribution in [2.45, 2.75) is 0 Å². The van der Waals surface area contributed by atoms with Gasteiger partial charge < -0.3 is 4.42 Å². The highest BCUT2D eigenvalue weighted by molar-refractivity contribution is 6.24. The first-order chi connectivity index (χ1) is 17.6. The molecule has 0 atom stereocenters. The maximum atomic E-state index is 14.3. The molecule has 0 radical (unpaired) electrons. The molecule has 0 bridgehead atoms. The van der Waals surface area contributed by atoms with Crippen molar-refractivity contribution in [3.8, 4) is 22.4 Å². The Morgan fingerprint density at radius 1 is 0.667 bits per heavy atom. The molecule has 0 saturated heterocycles. The van der Waals surface area contributed by atoms with Gasteiger partial charge >= 0.3 is 0 Å². The molecule has 0 aliphatic carbocycles. The van der Waals surface area contributed by atoms with Crippen LogP contribution in [0.4, 0.5) is 13.2 Å². The third-order valence-corrected chi connectivity index (χ3v) is 6.56. The van der Waals surface area contributed by atoms with Crippen molar-refractivity contribution >= 4 is 43.6 Å². The van der Waals surface area contributed by atoms with E-state index in [-0.39, 0.29) is 5.56 Å². The molecule has 7 aromatic rings. The maximum absolute atomic E-state index is 14.3. The lowest BCUT2D eigenvalue weighted by atomic mass is 9.96. The standard InChI is InChI=1S/C30H15F3N2O/c31-18-13-23(32)27(24(33)14-18)16-5-7-17(8-6-16)29-22-10-9-20-19-3-1-2-4-26(19)36-30(20)28(22)21-11-12-34-15-25(21)35-29/h1-15H. The highest BCUT2D eigenvalue weighted by Gasteiger charge is 2.18. The van der Waals surface area contributed by atoms with Gasteiger partial charge in [-0.3, -0.25) is 4.98 Å². The molecule has 0 spiro atoms. The Kier molecular flexibility index (Phi) is 4.39. The second kappa shape index (κ2) is 7.65. The van der Waals surface area contributed by atoms with Gasteiger partial charge in [0, 0.05) is 50.8 Å². The molecular formula is C30H15F3N2O. The Hall–Kier alpha value is -4.71. The molecule has 7 rings (SSSR count).